The number of aryl methyl sites for hydroxylation is 1. The van der Waals surface area contributed by atoms with Crippen molar-refractivity contribution in [3.05, 3.63) is 81.4 Å². The molecule has 4 aromatic rings. The van der Waals surface area contributed by atoms with Crippen LogP contribution < -0.4 is 15.8 Å². The van der Waals surface area contributed by atoms with Crippen LogP contribution in [0.5, 0.6) is 0 Å². The molecule has 0 spiro atoms. The summed E-state index contributed by atoms with van der Waals surface area (Å²) in [6.45, 7) is 3.39. The molecule has 11 heteroatoms. The molecule has 0 aliphatic carbocycles. The quantitative estimate of drug-likeness (QED) is 0.363. The Morgan fingerprint density at radius 2 is 1.88 bits per heavy atom. The lowest BCUT2D eigenvalue weighted by Gasteiger charge is -2.32. The third-order valence-electron chi connectivity index (χ3n) is 7.40. The highest BCUT2D eigenvalue weighted by atomic mass is 35.5. The summed E-state index contributed by atoms with van der Waals surface area (Å²) in [5.41, 5.74) is 3.14. The topological polar surface area (TPSA) is 109 Å². The van der Waals surface area contributed by atoms with Gasteiger partial charge in [0, 0.05) is 76.1 Å². The maximum Gasteiger partial charge on any atom is 0.252 e. The molecule has 1 unspecified atom stereocenters. The standard InChI is InChI=1S/C29H33ClN8O2/c1-18(27-31-10-5-11-32-27)34-23-16-26(39)37(4)25-7-6-19(14-21(23)25)15-24-22(30)17-33-29(35-24)38-12-8-20(9-13-38)28(40)36(2)3/h5-7,10-11,14,16-18,20,34H,8-9,12-13,15H2,1-4H3. The normalized spacial score (nSPS) is 14.8. The number of piperidine rings is 1. The van der Waals surface area contributed by atoms with Crippen LogP contribution in [0.4, 0.5) is 11.6 Å². The molecule has 1 aromatic carbocycles. The molecule has 1 aliphatic heterocycles. The van der Waals surface area contributed by atoms with Crippen LogP contribution in [-0.4, -0.2) is 62.5 Å². The van der Waals surface area contributed by atoms with Gasteiger partial charge < -0.3 is 19.7 Å². The highest BCUT2D eigenvalue weighted by Gasteiger charge is 2.27. The Morgan fingerprint density at radius 3 is 2.58 bits per heavy atom. The minimum atomic E-state index is -0.198. The number of nitrogens with zero attached hydrogens (tertiary/aromatic N) is 7. The Morgan fingerprint density at radius 1 is 1.15 bits per heavy atom. The second kappa shape index (κ2) is 11.6. The summed E-state index contributed by atoms with van der Waals surface area (Å²) in [6, 6.07) is 9.18. The molecular weight excluding hydrogens is 528 g/mol. The summed E-state index contributed by atoms with van der Waals surface area (Å²) >= 11 is 6.55. The highest BCUT2D eigenvalue weighted by Crippen LogP contribution is 2.28. The lowest BCUT2D eigenvalue weighted by molar-refractivity contribution is -0.133. The Kier molecular flexibility index (Phi) is 7.97. The van der Waals surface area contributed by atoms with E-state index >= 15 is 0 Å². The second-order valence-electron chi connectivity index (χ2n) is 10.4. The number of amides is 1. The molecule has 3 aromatic heterocycles. The molecule has 1 fully saturated rings. The lowest BCUT2D eigenvalue weighted by Crippen LogP contribution is -2.40. The molecule has 0 bridgehead atoms. The van der Waals surface area contributed by atoms with Crippen LogP contribution in [0, 0.1) is 5.92 Å². The molecule has 0 saturated carbocycles. The van der Waals surface area contributed by atoms with Crippen molar-refractivity contribution in [1.29, 1.82) is 0 Å². The monoisotopic (exact) mass is 560 g/mol. The first-order chi connectivity index (χ1) is 19.2. The number of halogens is 1. The maximum atomic E-state index is 12.7. The van der Waals surface area contributed by atoms with Crippen molar-refractivity contribution in [1.82, 2.24) is 29.4 Å². The van der Waals surface area contributed by atoms with E-state index in [9.17, 15) is 9.59 Å². The first kappa shape index (κ1) is 27.5. The van der Waals surface area contributed by atoms with E-state index in [-0.39, 0.29) is 23.4 Å². The molecule has 1 aliphatic rings. The number of carbonyl (C=O) groups is 1. The van der Waals surface area contributed by atoms with Crippen LogP contribution in [0.2, 0.25) is 5.02 Å². The van der Waals surface area contributed by atoms with Crippen molar-refractivity contribution in [2.45, 2.75) is 32.2 Å². The van der Waals surface area contributed by atoms with Gasteiger partial charge in [0.2, 0.25) is 11.9 Å². The van der Waals surface area contributed by atoms with Gasteiger partial charge in [-0.1, -0.05) is 17.7 Å². The summed E-state index contributed by atoms with van der Waals surface area (Å²) in [7, 11) is 5.36. The van der Waals surface area contributed by atoms with E-state index in [1.54, 1.807) is 61.3 Å². The smallest absolute Gasteiger partial charge is 0.252 e. The molecule has 208 valence electrons. The Balaban J connectivity index is 1.40. The van der Waals surface area contributed by atoms with E-state index < -0.39 is 0 Å². The van der Waals surface area contributed by atoms with E-state index in [2.05, 4.69) is 31.2 Å². The molecule has 5 rings (SSSR count). The predicted molar refractivity (Wildman–Crippen MR) is 157 cm³/mol. The number of rotatable bonds is 7. The molecule has 1 atom stereocenters. The number of hydrogen-bond acceptors (Lipinski definition) is 8. The molecule has 1 N–H and O–H groups in total. The van der Waals surface area contributed by atoms with Crippen LogP contribution >= 0.6 is 11.6 Å². The minimum absolute atomic E-state index is 0.0329. The summed E-state index contributed by atoms with van der Waals surface area (Å²) in [6.07, 6.45) is 7.08. The summed E-state index contributed by atoms with van der Waals surface area (Å²) < 4.78 is 1.63. The Bertz CT molecular complexity index is 1580. The van der Waals surface area contributed by atoms with Gasteiger partial charge in [0.25, 0.3) is 5.56 Å². The average molecular weight is 561 g/mol. The fraction of sp³-hybridized carbons (Fsp3) is 0.379. The zero-order valence-electron chi connectivity index (χ0n) is 23.1. The van der Waals surface area contributed by atoms with Crippen molar-refractivity contribution in [2.75, 3.05) is 37.4 Å². The van der Waals surface area contributed by atoms with Crippen molar-refractivity contribution >= 4 is 40.0 Å². The number of aromatic nitrogens is 5. The fourth-order valence-corrected chi connectivity index (χ4v) is 5.28. The zero-order chi connectivity index (χ0) is 28.4. The number of hydrogen-bond donors (Lipinski definition) is 1. The second-order valence-corrected chi connectivity index (χ2v) is 10.8. The largest absolute Gasteiger partial charge is 0.375 e. The Hall–Kier alpha value is -4.05. The van der Waals surface area contributed by atoms with E-state index in [0.717, 1.165) is 35.0 Å². The summed E-state index contributed by atoms with van der Waals surface area (Å²) in [5.74, 6) is 1.47. The van der Waals surface area contributed by atoms with Gasteiger partial charge in [0.15, 0.2) is 0 Å². The van der Waals surface area contributed by atoms with Gasteiger partial charge in [0.1, 0.15) is 5.82 Å². The number of pyridine rings is 1. The average Bonchev–Trinajstić information content (AvgIpc) is 2.97. The number of benzene rings is 1. The van der Waals surface area contributed by atoms with Gasteiger partial charge in [-0.15, -0.1) is 0 Å². The van der Waals surface area contributed by atoms with Crippen molar-refractivity contribution in [3.8, 4) is 0 Å². The van der Waals surface area contributed by atoms with Gasteiger partial charge in [-0.05, 0) is 43.5 Å². The van der Waals surface area contributed by atoms with Gasteiger partial charge >= 0.3 is 0 Å². The molecule has 4 heterocycles. The third kappa shape index (κ3) is 5.77. The predicted octanol–water partition coefficient (Wildman–Crippen LogP) is 3.84. The lowest BCUT2D eigenvalue weighted by atomic mass is 9.96. The van der Waals surface area contributed by atoms with Gasteiger partial charge in [0.05, 0.1) is 28.5 Å². The number of anilines is 2. The van der Waals surface area contributed by atoms with Crippen molar-refractivity contribution in [3.63, 3.8) is 0 Å². The molecule has 1 saturated heterocycles. The molecule has 0 radical (unpaired) electrons. The van der Waals surface area contributed by atoms with E-state index in [1.165, 1.54) is 0 Å². The zero-order valence-corrected chi connectivity index (χ0v) is 23.9. The summed E-state index contributed by atoms with van der Waals surface area (Å²) in [5, 5.41) is 4.82. The van der Waals surface area contributed by atoms with E-state index in [4.69, 9.17) is 16.6 Å². The number of fused-ring (bicyclic) bond motifs is 1. The minimum Gasteiger partial charge on any atom is -0.375 e. The van der Waals surface area contributed by atoms with Gasteiger partial charge in [-0.3, -0.25) is 9.59 Å². The SMILES string of the molecule is CC(Nc1cc(=O)n(C)c2ccc(Cc3nc(N4CCC(C(=O)N(C)C)CC4)ncc3Cl)cc12)c1ncccn1. The van der Waals surface area contributed by atoms with Crippen LogP contribution in [-0.2, 0) is 18.3 Å². The van der Waals surface area contributed by atoms with E-state index in [0.29, 0.717) is 42.0 Å². The molecule has 1 amide bonds. The molecular formula is C29H33ClN8O2. The number of nitrogens with one attached hydrogen (secondary N) is 1. The van der Waals surface area contributed by atoms with E-state index in [1.807, 2.05) is 19.1 Å². The highest BCUT2D eigenvalue weighted by molar-refractivity contribution is 6.31. The molecule has 40 heavy (non-hydrogen) atoms. The fourth-order valence-electron chi connectivity index (χ4n) is 5.12. The van der Waals surface area contributed by atoms with Gasteiger partial charge in [-0.2, -0.15) is 0 Å². The Labute approximate surface area is 238 Å². The van der Waals surface area contributed by atoms with Crippen molar-refractivity contribution in [2.24, 2.45) is 13.0 Å². The van der Waals surface area contributed by atoms with Crippen LogP contribution in [0.1, 0.15) is 42.9 Å². The summed E-state index contributed by atoms with van der Waals surface area (Å²) in [4.78, 5) is 46.8. The first-order valence-electron chi connectivity index (χ1n) is 13.3. The van der Waals surface area contributed by atoms with Gasteiger partial charge in [-0.25, -0.2) is 19.9 Å². The first-order valence-corrected chi connectivity index (χ1v) is 13.7. The maximum absolute atomic E-state index is 12.7. The van der Waals surface area contributed by atoms with Crippen molar-refractivity contribution < 1.29 is 4.79 Å². The number of carbonyl (C=O) groups excluding carboxylic acids is 1. The molecule has 10 nitrogen and oxygen atoms in total. The third-order valence-corrected chi connectivity index (χ3v) is 7.72. The van der Waals surface area contributed by atoms with Crippen LogP contribution in [0.3, 0.4) is 0 Å². The van der Waals surface area contributed by atoms with Crippen LogP contribution in [0.15, 0.2) is 53.7 Å². The van der Waals surface area contributed by atoms with Crippen LogP contribution in [0.25, 0.3) is 10.9 Å².